The maximum absolute atomic E-state index is 11.8. The summed E-state index contributed by atoms with van der Waals surface area (Å²) in [4.78, 5) is 15.8. The van der Waals surface area contributed by atoms with Crippen molar-refractivity contribution in [1.82, 2.24) is 0 Å². The minimum atomic E-state index is -3.48. The highest BCUT2D eigenvalue weighted by atomic mass is 32.2. The molecule has 0 aromatic heterocycles. The van der Waals surface area contributed by atoms with Gasteiger partial charge in [0.1, 0.15) is 11.5 Å². The number of allylic oxidation sites excluding steroid dienone is 2. The second kappa shape index (κ2) is 14.9. The van der Waals surface area contributed by atoms with Crippen LogP contribution in [0.25, 0.3) is 6.08 Å². The Balaban J connectivity index is 0.000000414. The molecule has 0 radical (unpaired) electrons. The lowest BCUT2D eigenvalue weighted by Gasteiger charge is -2.13. The molecule has 1 amide bonds. The van der Waals surface area contributed by atoms with Gasteiger partial charge in [0.05, 0.1) is 19.8 Å². The molecule has 0 bridgehead atoms. The summed E-state index contributed by atoms with van der Waals surface area (Å²) in [5, 5.41) is 0. The number of hydrogen-bond acceptors (Lipinski definition) is 7. The quantitative estimate of drug-likeness (QED) is 0.195. The molecule has 34 heavy (non-hydrogen) atoms. The highest BCUT2D eigenvalue weighted by Gasteiger charge is 2.14. The molecule has 9 heteroatoms. The number of carbonyl (C=O) groups is 1. The SMILES string of the molecule is C.CC(=O)[N+](=C/C=C1\C=Cc2ccccc2O1)c1ccccc1.COOS(=O)(=O)CCCCN. The van der Waals surface area contributed by atoms with Crippen LogP contribution in [0.5, 0.6) is 5.75 Å². The number of fused-ring (bicyclic) bond motifs is 1. The van der Waals surface area contributed by atoms with E-state index < -0.39 is 10.1 Å². The molecular formula is C25H33N2O6S+. The minimum absolute atomic E-state index is 0. The molecule has 0 saturated heterocycles. The first kappa shape index (κ1) is 28.9. The van der Waals surface area contributed by atoms with Crippen molar-refractivity contribution in [2.75, 3.05) is 19.4 Å². The van der Waals surface area contributed by atoms with Crippen LogP contribution in [-0.4, -0.2) is 44.5 Å². The zero-order valence-corrected chi connectivity index (χ0v) is 19.5. The highest BCUT2D eigenvalue weighted by molar-refractivity contribution is 7.86. The first-order chi connectivity index (χ1) is 15.9. The summed E-state index contributed by atoms with van der Waals surface area (Å²) in [5.41, 5.74) is 7.04. The summed E-state index contributed by atoms with van der Waals surface area (Å²) in [6.45, 7) is 2.03. The third-order valence-corrected chi connectivity index (χ3v) is 5.49. The van der Waals surface area contributed by atoms with E-state index in [-0.39, 0.29) is 19.1 Å². The molecule has 0 unspecified atom stereocenters. The van der Waals surface area contributed by atoms with Gasteiger partial charge in [0, 0.05) is 23.8 Å². The van der Waals surface area contributed by atoms with Crippen LogP contribution in [0, 0.1) is 0 Å². The van der Waals surface area contributed by atoms with Crippen LogP contribution in [-0.2, 0) is 24.1 Å². The molecule has 8 nitrogen and oxygen atoms in total. The Morgan fingerprint density at radius 3 is 2.38 bits per heavy atom. The molecule has 3 rings (SSSR count). The first-order valence-corrected chi connectivity index (χ1v) is 11.9. The van der Waals surface area contributed by atoms with Crippen molar-refractivity contribution in [2.24, 2.45) is 5.73 Å². The van der Waals surface area contributed by atoms with Crippen molar-refractivity contribution in [3.63, 3.8) is 0 Å². The molecule has 2 aromatic rings. The molecule has 1 aliphatic heterocycles. The van der Waals surface area contributed by atoms with Gasteiger partial charge in [-0.3, -0.25) is 0 Å². The number of nitrogens with two attached hydrogens (primary N) is 1. The van der Waals surface area contributed by atoms with Crippen molar-refractivity contribution in [2.45, 2.75) is 27.2 Å². The van der Waals surface area contributed by atoms with Crippen LogP contribution in [0.3, 0.4) is 0 Å². The van der Waals surface area contributed by atoms with Crippen LogP contribution >= 0.6 is 0 Å². The summed E-state index contributed by atoms with van der Waals surface area (Å²) in [6.07, 6.45) is 8.59. The number of hydrogen-bond donors (Lipinski definition) is 1. The fourth-order valence-electron chi connectivity index (χ4n) is 2.80. The van der Waals surface area contributed by atoms with Crippen molar-refractivity contribution < 1.29 is 31.7 Å². The molecule has 0 atom stereocenters. The Labute approximate surface area is 202 Å². The second-order valence-corrected chi connectivity index (χ2v) is 8.57. The predicted octanol–water partition coefficient (Wildman–Crippen LogP) is 4.21. The number of para-hydroxylation sites is 2. The van der Waals surface area contributed by atoms with Crippen molar-refractivity contribution in [3.05, 3.63) is 78.1 Å². The Morgan fingerprint density at radius 2 is 1.74 bits per heavy atom. The molecule has 0 aliphatic carbocycles. The summed E-state index contributed by atoms with van der Waals surface area (Å²) in [5.74, 6) is 1.42. The van der Waals surface area contributed by atoms with Crippen molar-refractivity contribution in [1.29, 1.82) is 0 Å². The van der Waals surface area contributed by atoms with E-state index in [0.29, 0.717) is 25.1 Å². The molecule has 2 N–H and O–H groups in total. The Morgan fingerprint density at radius 1 is 1.06 bits per heavy atom. The zero-order valence-electron chi connectivity index (χ0n) is 18.7. The lowest BCUT2D eigenvalue weighted by molar-refractivity contribution is -0.359. The monoisotopic (exact) mass is 489 g/mol. The van der Waals surface area contributed by atoms with Crippen LogP contribution < -0.4 is 10.5 Å². The largest absolute Gasteiger partial charge is 0.457 e. The van der Waals surface area contributed by atoms with Gasteiger partial charge in [0.25, 0.3) is 10.1 Å². The number of nitrogens with zero attached hydrogens (tertiary/aromatic N) is 1. The van der Waals surface area contributed by atoms with Crippen molar-refractivity contribution >= 4 is 34.0 Å². The summed E-state index contributed by atoms with van der Waals surface area (Å²) >= 11 is 0. The van der Waals surface area contributed by atoms with Crippen LogP contribution in [0.4, 0.5) is 5.69 Å². The van der Waals surface area contributed by atoms with Crippen LogP contribution in [0.2, 0.25) is 0 Å². The normalized spacial score (nSPS) is 13.7. The number of rotatable bonds is 8. The molecule has 184 valence electrons. The van der Waals surface area contributed by atoms with Gasteiger partial charge in [-0.15, -0.1) is 8.91 Å². The van der Waals surface area contributed by atoms with E-state index in [1.54, 1.807) is 16.9 Å². The summed E-state index contributed by atoms with van der Waals surface area (Å²) < 4.78 is 32.8. The van der Waals surface area contributed by atoms with Gasteiger partial charge in [0.15, 0.2) is 6.21 Å². The number of unbranched alkanes of at least 4 members (excludes halogenated alkanes) is 1. The fourth-order valence-corrected chi connectivity index (χ4v) is 3.64. The second-order valence-electron chi connectivity index (χ2n) is 6.91. The number of carbonyl (C=O) groups excluding carboxylic acids is 1. The average molecular weight is 490 g/mol. The van der Waals surface area contributed by atoms with E-state index in [2.05, 4.69) is 9.22 Å². The van der Waals surface area contributed by atoms with Crippen LogP contribution in [0.15, 0.2) is 72.5 Å². The third-order valence-electron chi connectivity index (χ3n) is 4.36. The number of amides is 1. The van der Waals surface area contributed by atoms with E-state index in [9.17, 15) is 13.2 Å². The van der Waals surface area contributed by atoms with Gasteiger partial charge >= 0.3 is 5.91 Å². The maximum atomic E-state index is 11.8. The van der Waals surface area contributed by atoms with E-state index in [4.69, 9.17) is 10.5 Å². The molecule has 2 aromatic carbocycles. The number of benzene rings is 2. The van der Waals surface area contributed by atoms with Gasteiger partial charge < -0.3 is 10.5 Å². The van der Waals surface area contributed by atoms with Gasteiger partial charge in [-0.2, -0.15) is 8.42 Å². The average Bonchev–Trinajstić information content (AvgIpc) is 2.80. The molecule has 0 fully saturated rings. The van der Waals surface area contributed by atoms with Gasteiger partial charge in [-0.25, -0.2) is 9.68 Å². The number of ether oxygens (including phenoxy) is 1. The smallest absolute Gasteiger partial charge is 0.389 e. The molecule has 1 aliphatic rings. The summed E-state index contributed by atoms with van der Waals surface area (Å²) in [6, 6.07) is 17.3. The van der Waals surface area contributed by atoms with Crippen molar-refractivity contribution in [3.8, 4) is 5.75 Å². The van der Waals surface area contributed by atoms with E-state index in [1.165, 1.54) is 6.92 Å². The predicted molar refractivity (Wildman–Crippen MR) is 134 cm³/mol. The standard InChI is InChI=1S/C19H16NO2.C5H13NO4S.CH4/c1-15(21)20(17-8-3-2-4-9-17)14-13-18-12-11-16-7-5-6-10-19(16)22-18;1-9-10-11(7,8)5-3-2-4-6;/h2-14H,1H3;2-6H2,1H3;1H4/q+1;;/b18-13+,20-14?;;. The minimum Gasteiger partial charge on any atom is -0.457 e. The maximum Gasteiger partial charge on any atom is 0.389 e. The Bertz CT molecular complexity index is 1110. The molecule has 1 heterocycles. The van der Waals surface area contributed by atoms with Gasteiger partial charge in [0.2, 0.25) is 5.69 Å². The highest BCUT2D eigenvalue weighted by Crippen LogP contribution is 2.26. The van der Waals surface area contributed by atoms with E-state index >= 15 is 0 Å². The van der Waals surface area contributed by atoms with Gasteiger partial charge in [-0.05, 0) is 37.6 Å². The van der Waals surface area contributed by atoms with E-state index in [0.717, 1.165) is 24.1 Å². The molecule has 0 saturated carbocycles. The summed E-state index contributed by atoms with van der Waals surface area (Å²) in [7, 11) is -2.33. The molecular weight excluding hydrogens is 456 g/mol. The zero-order chi connectivity index (χ0) is 24.1. The third kappa shape index (κ3) is 9.80. The molecule has 0 spiro atoms. The first-order valence-electron chi connectivity index (χ1n) is 10.4. The Hall–Kier alpha value is -3.11. The van der Waals surface area contributed by atoms with Crippen LogP contribution in [0.1, 0.15) is 32.8 Å². The lowest BCUT2D eigenvalue weighted by atomic mass is 10.1. The lowest BCUT2D eigenvalue weighted by Crippen LogP contribution is -2.13. The fraction of sp³-hybridized carbons (Fsp3) is 0.280. The van der Waals surface area contributed by atoms with E-state index in [1.807, 2.05) is 66.7 Å². The Kier molecular flexibility index (Phi) is 12.7. The van der Waals surface area contributed by atoms with Gasteiger partial charge in [-0.1, -0.05) is 43.8 Å². The topological polar surface area (TPSA) is 108 Å².